The number of hydrogen-bond acceptors (Lipinski definition) is 2. The third-order valence-corrected chi connectivity index (χ3v) is 2.16. The number of nitrogens with zero attached hydrogens (tertiary/aromatic N) is 1. The van der Waals surface area contributed by atoms with Crippen molar-refractivity contribution in [3.63, 3.8) is 0 Å². The Balaban J connectivity index is 0.00000225. The van der Waals surface area contributed by atoms with Crippen LogP contribution in [-0.4, -0.2) is 23.4 Å². The van der Waals surface area contributed by atoms with Crippen LogP contribution in [0.2, 0.25) is 0 Å². The first-order chi connectivity index (χ1) is 6.91. The minimum Gasteiger partial charge on any atom is -0.340 e. The summed E-state index contributed by atoms with van der Waals surface area (Å²) in [4.78, 5) is 13.4. The van der Waals surface area contributed by atoms with Gasteiger partial charge < -0.3 is 10.6 Å². The molecule has 0 aliphatic heterocycles. The summed E-state index contributed by atoms with van der Waals surface area (Å²) in [5.41, 5.74) is 6.05. The summed E-state index contributed by atoms with van der Waals surface area (Å²) in [5, 5.41) is 0. The molecule has 1 aromatic carbocycles. The number of nitrogens with two attached hydrogens (primary N) is 1. The molecular weight excluding hydrogens is 224 g/mol. The van der Waals surface area contributed by atoms with Gasteiger partial charge in [-0.2, -0.15) is 0 Å². The number of rotatable bonds is 3. The van der Waals surface area contributed by atoms with E-state index in [0.29, 0.717) is 6.54 Å². The molecule has 0 unspecified atom stereocenters. The summed E-state index contributed by atoms with van der Waals surface area (Å²) in [5.74, 6) is -0.0497. The Morgan fingerprint density at radius 1 is 1.31 bits per heavy atom. The van der Waals surface area contributed by atoms with Crippen molar-refractivity contribution in [2.24, 2.45) is 5.73 Å². The van der Waals surface area contributed by atoms with Gasteiger partial charge in [-0.05, 0) is 19.4 Å². The van der Waals surface area contributed by atoms with E-state index in [1.54, 1.807) is 25.8 Å². The molecule has 4 heteroatoms. The third kappa shape index (κ3) is 4.21. The molecule has 0 aliphatic rings. The van der Waals surface area contributed by atoms with Gasteiger partial charge in [0.1, 0.15) is 0 Å². The molecule has 1 amide bonds. The SMILES string of the molecule is CN(Cc1ccccc1)C(=O)C(C)(C)N.Cl. The molecule has 0 aromatic heterocycles. The number of likely N-dealkylation sites (N-methyl/N-ethyl adjacent to an activating group) is 1. The lowest BCUT2D eigenvalue weighted by molar-refractivity contribution is -0.134. The lowest BCUT2D eigenvalue weighted by atomic mass is 10.1. The summed E-state index contributed by atoms with van der Waals surface area (Å²) in [6, 6.07) is 9.86. The lowest BCUT2D eigenvalue weighted by Crippen LogP contribution is -2.49. The molecule has 0 radical (unpaired) electrons. The Labute approximate surface area is 103 Å². The van der Waals surface area contributed by atoms with E-state index in [1.807, 2.05) is 30.3 Å². The number of amides is 1. The van der Waals surface area contributed by atoms with E-state index in [9.17, 15) is 4.79 Å². The molecule has 0 saturated carbocycles. The fourth-order valence-corrected chi connectivity index (χ4v) is 1.42. The average Bonchev–Trinajstić information content (AvgIpc) is 2.16. The molecule has 1 rings (SSSR count). The zero-order chi connectivity index (χ0) is 11.5. The van der Waals surface area contributed by atoms with Gasteiger partial charge in [-0.1, -0.05) is 30.3 Å². The summed E-state index contributed by atoms with van der Waals surface area (Å²) < 4.78 is 0. The van der Waals surface area contributed by atoms with Gasteiger partial charge in [0.15, 0.2) is 0 Å². The molecule has 0 bridgehead atoms. The molecular formula is C12H19ClN2O. The van der Waals surface area contributed by atoms with E-state index in [4.69, 9.17) is 5.73 Å². The van der Waals surface area contributed by atoms with Crippen LogP contribution in [0, 0.1) is 0 Å². The molecule has 0 spiro atoms. The Hall–Kier alpha value is -1.06. The Morgan fingerprint density at radius 2 is 1.81 bits per heavy atom. The second-order valence-electron chi connectivity index (χ2n) is 4.37. The van der Waals surface area contributed by atoms with E-state index in [2.05, 4.69) is 0 Å². The molecule has 3 nitrogen and oxygen atoms in total. The molecule has 16 heavy (non-hydrogen) atoms. The molecule has 0 saturated heterocycles. The summed E-state index contributed by atoms with van der Waals surface area (Å²) in [6.45, 7) is 4.04. The van der Waals surface area contributed by atoms with Crippen molar-refractivity contribution >= 4 is 18.3 Å². The molecule has 1 aromatic rings. The first-order valence-electron chi connectivity index (χ1n) is 4.99. The minimum absolute atomic E-state index is 0. The highest BCUT2D eigenvalue weighted by atomic mass is 35.5. The van der Waals surface area contributed by atoms with Crippen LogP contribution in [0.1, 0.15) is 19.4 Å². The van der Waals surface area contributed by atoms with Gasteiger partial charge in [0.2, 0.25) is 5.91 Å². The van der Waals surface area contributed by atoms with Crippen LogP contribution >= 0.6 is 12.4 Å². The van der Waals surface area contributed by atoms with Gasteiger partial charge in [-0.3, -0.25) is 4.79 Å². The monoisotopic (exact) mass is 242 g/mol. The van der Waals surface area contributed by atoms with Crippen molar-refractivity contribution in [3.05, 3.63) is 35.9 Å². The Morgan fingerprint density at radius 3 is 2.25 bits per heavy atom. The average molecular weight is 243 g/mol. The third-order valence-electron chi connectivity index (χ3n) is 2.16. The number of carbonyl (C=O) groups is 1. The number of halogens is 1. The smallest absolute Gasteiger partial charge is 0.242 e. The zero-order valence-corrected chi connectivity index (χ0v) is 10.8. The highest BCUT2D eigenvalue weighted by Crippen LogP contribution is 2.07. The van der Waals surface area contributed by atoms with Crippen LogP contribution in [0.4, 0.5) is 0 Å². The molecule has 2 N–H and O–H groups in total. The van der Waals surface area contributed by atoms with Crippen LogP contribution < -0.4 is 5.73 Å². The van der Waals surface area contributed by atoms with Gasteiger partial charge in [-0.25, -0.2) is 0 Å². The maximum atomic E-state index is 11.8. The van der Waals surface area contributed by atoms with Crippen molar-refractivity contribution in [1.82, 2.24) is 4.90 Å². The molecule has 90 valence electrons. The van der Waals surface area contributed by atoms with Crippen LogP contribution in [0.15, 0.2) is 30.3 Å². The van der Waals surface area contributed by atoms with Crippen LogP contribution in [-0.2, 0) is 11.3 Å². The van der Waals surface area contributed by atoms with Crippen LogP contribution in [0.3, 0.4) is 0 Å². The molecule has 0 heterocycles. The summed E-state index contributed by atoms with van der Waals surface area (Å²) in [6.07, 6.45) is 0. The van der Waals surface area contributed by atoms with Crippen molar-refractivity contribution < 1.29 is 4.79 Å². The van der Waals surface area contributed by atoms with Crippen molar-refractivity contribution in [1.29, 1.82) is 0 Å². The maximum Gasteiger partial charge on any atom is 0.242 e. The Bertz CT molecular complexity index is 333. The van der Waals surface area contributed by atoms with Gasteiger partial charge in [0.25, 0.3) is 0 Å². The summed E-state index contributed by atoms with van der Waals surface area (Å²) >= 11 is 0. The van der Waals surface area contributed by atoms with E-state index in [-0.39, 0.29) is 18.3 Å². The maximum absolute atomic E-state index is 11.8. The van der Waals surface area contributed by atoms with Gasteiger partial charge in [0, 0.05) is 13.6 Å². The Kier molecular flexibility index (Phi) is 5.48. The normalized spacial score (nSPS) is 10.5. The molecule has 0 aliphatic carbocycles. The standard InChI is InChI=1S/C12H18N2O.ClH/c1-12(2,13)11(15)14(3)9-10-7-5-4-6-8-10;/h4-8H,9,13H2,1-3H3;1H. The first kappa shape index (κ1) is 14.9. The second kappa shape index (κ2) is 5.87. The predicted octanol–water partition coefficient (Wildman–Crippen LogP) is 1.80. The first-order valence-corrected chi connectivity index (χ1v) is 4.99. The number of hydrogen-bond donors (Lipinski definition) is 1. The van der Waals surface area contributed by atoms with E-state index >= 15 is 0 Å². The van der Waals surface area contributed by atoms with E-state index in [0.717, 1.165) is 5.56 Å². The predicted molar refractivity (Wildman–Crippen MR) is 68.4 cm³/mol. The van der Waals surface area contributed by atoms with Crippen molar-refractivity contribution in [2.45, 2.75) is 25.9 Å². The van der Waals surface area contributed by atoms with Gasteiger partial charge in [0.05, 0.1) is 5.54 Å². The van der Waals surface area contributed by atoms with Gasteiger partial charge >= 0.3 is 0 Å². The topological polar surface area (TPSA) is 46.3 Å². The number of carbonyl (C=O) groups excluding carboxylic acids is 1. The fraction of sp³-hybridized carbons (Fsp3) is 0.417. The van der Waals surface area contributed by atoms with Crippen LogP contribution in [0.25, 0.3) is 0 Å². The van der Waals surface area contributed by atoms with E-state index in [1.165, 1.54) is 0 Å². The van der Waals surface area contributed by atoms with Crippen molar-refractivity contribution in [2.75, 3.05) is 7.05 Å². The highest BCUT2D eigenvalue weighted by Gasteiger charge is 2.25. The second-order valence-corrected chi connectivity index (χ2v) is 4.37. The largest absolute Gasteiger partial charge is 0.340 e. The number of benzene rings is 1. The zero-order valence-electron chi connectivity index (χ0n) is 9.93. The summed E-state index contributed by atoms with van der Waals surface area (Å²) in [7, 11) is 1.77. The highest BCUT2D eigenvalue weighted by molar-refractivity contribution is 5.85. The van der Waals surface area contributed by atoms with Crippen molar-refractivity contribution in [3.8, 4) is 0 Å². The van der Waals surface area contributed by atoms with Crippen LogP contribution in [0.5, 0.6) is 0 Å². The fourth-order valence-electron chi connectivity index (χ4n) is 1.42. The minimum atomic E-state index is -0.802. The molecule has 0 atom stereocenters. The molecule has 0 fully saturated rings. The van der Waals surface area contributed by atoms with Gasteiger partial charge in [-0.15, -0.1) is 12.4 Å². The van der Waals surface area contributed by atoms with E-state index < -0.39 is 5.54 Å². The quantitative estimate of drug-likeness (QED) is 0.879. The lowest BCUT2D eigenvalue weighted by Gasteiger charge is -2.25.